The van der Waals surface area contributed by atoms with Crippen molar-refractivity contribution in [2.75, 3.05) is 13.3 Å². The first-order valence-electron chi connectivity index (χ1n) is 3.80. The van der Waals surface area contributed by atoms with E-state index in [1.807, 2.05) is 0 Å². The number of alkyl halides is 7. The molecule has 0 aromatic heterocycles. The van der Waals surface area contributed by atoms with Crippen LogP contribution in [0.1, 0.15) is 0 Å². The van der Waals surface area contributed by atoms with E-state index in [0.717, 1.165) is 0 Å². The van der Waals surface area contributed by atoms with E-state index in [2.05, 4.69) is 16.1 Å². The Hall–Kier alpha value is -1.06. The van der Waals surface area contributed by atoms with Gasteiger partial charge in [0.15, 0.2) is 6.67 Å². The predicted octanol–water partition coefficient (Wildman–Crippen LogP) is 3.25. The molecule has 0 heterocycles. The Morgan fingerprint density at radius 2 is 1.53 bits per heavy atom. The van der Waals surface area contributed by atoms with E-state index < -0.39 is 37.4 Å². The largest absolute Gasteiger partial charge is 0.468 e. The van der Waals surface area contributed by atoms with Gasteiger partial charge in [0.1, 0.15) is 6.61 Å². The van der Waals surface area contributed by atoms with Crippen LogP contribution in [0.25, 0.3) is 0 Å². The van der Waals surface area contributed by atoms with E-state index in [1.54, 1.807) is 0 Å². The Bertz CT molecular complexity index is 277. The number of ether oxygens (including phenoxy) is 2. The highest BCUT2D eigenvalue weighted by Gasteiger charge is 2.61. The van der Waals surface area contributed by atoms with Crippen LogP contribution in [-0.2, 0) is 9.47 Å². The molecule has 17 heavy (non-hydrogen) atoms. The molecule has 0 saturated carbocycles. The molecule has 0 unspecified atom stereocenters. The van der Waals surface area contributed by atoms with Gasteiger partial charge in [-0.3, -0.25) is 0 Å². The third kappa shape index (κ3) is 4.75. The minimum absolute atomic E-state index is 2.13. The van der Waals surface area contributed by atoms with Crippen molar-refractivity contribution in [3.63, 3.8) is 0 Å². The quantitative estimate of drug-likeness (QED) is 0.524. The first-order chi connectivity index (χ1) is 7.43. The molecule has 0 aliphatic carbocycles. The summed E-state index contributed by atoms with van der Waals surface area (Å²) in [6.45, 7) is -2.92. The van der Waals surface area contributed by atoms with Gasteiger partial charge in [-0.1, -0.05) is 0 Å². The van der Waals surface area contributed by atoms with Crippen LogP contribution >= 0.6 is 0 Å². The lowest BCUT2D eigenvalue weighted by atomic mass is 10.3. The lowest BCUT2D eigenvalue weighted by Gasteiger charge is -2.26. The SMILES string of the molecule is C=C(F)OC(F)(F)C(F)(F)COC(F)(F)CF. The average molecular weight is 274 g/mol. The fourth-order valence-electron chi connectivity index (χ4n) is 0.533. The molecule has 0 fully saturated rings. The van der Waals surface area contributed by atoms with Crippen molar-refractivity contribution in [3.05, 3.63) is 12.6 Å². The first-order valence-corrected chi connectivity index (χ1v) is 3.80. The second-order valence-electron chi connectivity index (χ2n) is 2.74. The highest BCUT2D eigenvalue weighted by atomic mass is 19.3. The minimum Gasteiger partial charge on any atom is -0.402 e. The molecule has 0 spiro atoms. The van der Waals surface area contributed by atoms with Crippen molar-refractivity contribution >= 4 is 0 Å². The van der Waals surface area contributed by atoms with E-state index in [0.29, 0.717) is 0 Å². The van der Waals surface area contributed by atoms with E-state index in [-0.39, 0.29) is 0 Å². The molecule has 0 saturated heterocycles. The molecule has 0 bridgehead atoms. The van der Waals surface area contributed by atoms with Crippen LogP contribution in [0.5, 0.6) is 0 Å². The van der Waals surface area contributed by atoms with Gasteiger partial charge in [-0.15, -0.1) is 0 Å². The highest BCUT2D eigenvalue weighted by molar-refractivity contribution is 4.81. The topological polar surface area (TPSA) is 18.5 Å². The van der Waals surface area contributed by atoms with Crippen LogP contribution in [0.15, 0.2) is 12.6 Å². The molecule has 0 aliphatic rings. The summed E-state index contributed by atoms with van der Waals surface area (Å²) in [6, 6.07) is -2.24. The zero-order valence-electron chi connectivity index (χ0n) is 7.96. The molecule has 2 nitrogen and oxygen atoms in total. The number of hydrogen-bond acceptors (Lipinski definition) is 2. The maximum absolute atomic E-state index is 12.6. The maximum Gasteiger partial charge on any atom is 0.468 e. The number of hydrogen-bond donors (Lipinski definition) is 0. The molecule has 0 amide bonds. The smallest absolute Gasteiger partial charge is 0.402 e. The monoisotopic (exact) mass is 274 g/mol. The average Bonchev–Trinajstić information content (AvgIpc) is 2.13. The predicted molar refractivity (Wildman–Crippen MR) is 38.1 cm³/mol. The summed E-state index contributed by atoms with van der Waals surface area (Å²) in [7, 11) is 0. The molecule has 0 atom stereocenters. The maximum atomic E-state index is 12.6. The first kappa shape index (κ1) is 15.9. The second-order valence-corrected chi connectivity index (χ2v) is 2.74. The van der Waals surface area contributed by atoms with Crippen molar-refractivity contribution < 1.29 is 44.6 Å². The molecule has 0 aromatic rings. The second kappa shape index (κ2) is 5.07. The van der Waals surface area contributed by atoms with E-state index in [9.17, 15) is 35.1 Å². The van der Waals surface area contributed by atoms with Crippen LogP contribution in [0.2, 0.25) is 0 Å². The summed E-state index contributed by atoms with van der Waals surface area (Å²) in [5.74, 6) is -5.29. The Morgan fingerprint density at radius 3 is 1.88 bits per heavy atom. The summed E-state index contributed by atoms with van der Waals surface area (Å²) in [5, 5.41) is 0. The van der Waals surface area contributed by atoms with Crippen LogP contribution in [0, 0.1) is 0 Å². The fourth-order valence-corrected chi connectivity index (χ4v) is 0.533. The molecule has 0 rings (SSSR count). The Kier molecular flexibility index (Phi) is 4.75. The van der Waals surface area contributed by atoms with Crippen LogP contribution in [-0.4, -0.2) is 31.4 Å². The summed E-state index contributed by atoms with van der Waals surface area (Å²) < 4.78 is 103. The lowest BCUT2D eigenvalue weighted by molar-refractivity contribution is -0.368. The zero-order valence-corrected chi connectivity index (χ0v) is 7.96. The molecule has 102 valence electrons. The highest BCUT2D eigenvalue weighted by Crippen LogP contribution is 2.38. The normalized spacial score (nSPS) is 13.6. The zero-order chi connectivity index (χ0) is 13.9. The van der Waals surface area contributed by atoms with Crippen LogP contribution < -0.4 is 0 Å². The summed E-state index contributed by atoms with van der Waals surface area (Å²) >= 11 is 0. The van der Waals surface area contributed by atoms with Gasteiger partial charge >= 0.3 is 18.1 Å². The van der Waals surface area contributed by atoms with E-state index in [1.165, 1.54) is 0 Å². The Morgan fingerprint density at radius 1 is 1.06 bits per heavy atom. The van der Waals surface area contributed by atoms with Crippen molar-refractivity contribution in [3.8, 4) is 0 Å². The minimum atomic E-state index is -5.45. The van der Waals surface area contributed by atoms with E-state index >= 15 is 0 Å². The van der Waals surface area contributed by atoms with Gasteiger partial charge in [0.2, 0.25) is 0 Å². The number of halogens is 8. The van der Waals surface area contributed by atoms with Gasteiger partial charge in [-0.25, -0.2) is 4.39 Å². The molecule has 10 heteroatoms. The summed E-state index contributed by atoms with van der Waals surface area (Å²) in [5.41, 5.74) is 0. The fraction of sp³-hybridized carbons (Fsp3) is 0.714. The molecule has 0 aromatic carbocycles. The standard InChI is InChI=1S/C7H6F8O2/c1-4(9)17-7(14,15)5(10,11)3-16-6(12,13)2-8/h1-3H2. The van der Waals surface area contributed by atoms with Gasteiger partial charge in [0.25, 0.3) is 6.01 Å². The van der Waals surface area contributed by atoms with Gasteiger partial charge in [0.05, 0.1) is 0 Å². The van der Waals surface area contributed by atoms with Gasteiger partial charge < -0.3 is 9.47 Å². The molecular weight excluding hydrogens is 268 g/mol. The Labute approximate surface area is 89.8 Å². The summed E-state index contributed by atoms with van der Waals surface area (Å²) in [4.78, 5) is 0. The number of rotatable bonds is 7. The van der Waals surface area contributed by atoms with Crippen LogP contribution in [0.4, 0.5) is 35.1 Å². The lowest BCUT2D eigenvalue weighted by Crippen LogP contribution is -2.47. The van der Waals surface area contributed by atoms with Crippen molar-refractivity contribution in [1.29, 1.82) is 0 Å². The van der Waals surface area contributed by atoms with Gasteiger partial charge in [0, 0.05) is 0 Å². The van der Waals surface area contributed by atoms with Gasteiger partial charge in [-0.2, -0.15) is 30.7 Å². The molecular formula is C7H6F8O2. The van der Waals surface area contributed by atoms with E-state index in [4.69, 9.17) is 0 Å². The van der Waals surface area contributed by atoms with Crippen molar-refractivity contribution in [2.24, 2.45) is 0 Å². The molecule has 0 radical (unpaired) electrons. The van der Waals surface area contributed by atoms with Crippen molar-refractivity contribution in [1.82, 2.24) is 0 Å². The Balaban J connectivity index is 4.61. The third-order valence-electron chi connectivity index (χ3n) is 1.28. The van der Waals surface area contributed by atoms with Crippen molar-refractivity contribution in [2.45, 2.75) is 18.1 Å². The van der Waals surface area contributed by atoms with Crippen LogP contribution in [0.3, 0.4) is 0 Å². The molecule has 0 N–H and O–H groups in total. The summed E-state index contributed by atoms with van der Waals surface area (Å²) in [6.07, 6.45) is -10.1. The van der Waals surface area contributed by atoms with Gasteiger partial charge in [-0.05, 0) is 6.58 Å². The third-order valence-corrected chi connectivity index (χ3v) is 1.28. The molecule has 0 aliphatic heterocycles.